The Morgan fingerprint density at radius 1 is 1.37 bits per heavy atom. The van der Waals surface area contributed by atoms with Gasteiger partial charge in [0.1, 0.15) is 5.01 Å². The molecule has 0 saturated carbocycles. The summed E-state index contributed by atoms with van der Waals surface area (Å²) in [5.74, 6) is 0.368. The minimum Gasteiger partial charge on any atom is -0.335 e. The van der Waals surface area contributed by atoms with Crippen molar-refractivity contribution in [1.29, 1.82) is 0 Å². The van der Waals surface area contributed by atoms with Crippen LogP contribution < -0.4 is 10.7 Å². The Kier molecular flexibility index (Phi) is 5.54. The number of nitrogens with one attached hydrogen (secondary N) is 2. The van der Waals surface area contributed by atoms with Crippen molar-refractivity contribution in [2.75, 3.05) is 20.1 Å². The zero-order valence-corrected chi connectivity index (χ0v) is 16.7. The highest BCUT2D eigenvalue weighted by atomic mass is 32.1. The van der Waals surface area contributed by atoms with Crippen molar-refractivity contribution < 1.29 is 4.79 Å². The zero-order chi connectivity index (χ0) is 18.8. The fourth-order valence-corrected chi connectivity index (χ4v) is 4.83. The molecular formula is C20H27N5OS. The number of likely N-dealkylation sites (tertiary alicyclic amines) is 1. The second kappa shape index (κ2) is 8.06. The van der Waals surface area contributed by atoms with Crippen LogP contribution in [-0.2, 0) is 6.54 Å². The highest BCUT2D eigenvalue weighted by molar-refractivity contribution is 7.09. The summed E-state index contributed by atoms with van der Waals surface area (Å²) in [6, 6.07) is 8.45. The molecule has 0 aliphatic carbocycles. The van der Waals surface area contributed by atoms with Gasteiger partial charge in [0.25, 0.3) is 5.91 Å². The van der Waals surface area contributed by atoms with E-state index >= 15 is 0 Å². The molecule has 6 nitrogen and oxygen atoms in total. The van der Waals surface area contributed by atoms with Crippen LogP contribution in [0, 0.1) is 5.92 Å². The average molecular weight is 386 g/mol. The summed E-state index contributed by atoms with van der Waals surface area (Å²) in [4.78, 5) is 19.6. The third kappa shape index (κ3) is 4.06. The fourth-order valence-electron chi connectivity index (χ4n) is 4.03. The molecule has 2 saturated heterocycles. The van der Waals surface area contributed by atoms with E-state index in [-0.39, 0.29) is 12.1 Å². The summed E-state index contributed by atoms with van der Waals surface area (Å²) in [5.41, 5.74) is 5.20. The summed E-state index contributed by atoms with van der Waals surface area (Å²) in [5, 5.41) is 8.36. The fraction of sp³-hybridized carbons (Fsp3) is 0.500. The minimum atomic E-state index is -0.0178. The van der Waals surface area contributed by atoms with Gasteiger partial charge in [-0.25, -0.2) is 9.99 Å². The molecule has 0 bridgehead atoms. The molecule has 2 aliphatic heterocycles. The van der Waals surface area contributed by atoms with Gasteiger partial charge >= 0.3 is 0 Å². The lowest BCUT2D eigenvalue weighted by Crippen LogP contribution is -2.47. The van der Waals surface area contributed by atoms with Crippen LogP contribution in [0.2, 0.25) is 0 Å². The molecule has 27 heavy (non-hydrogen) atoms. The van der Waals surface area contributed by atoms with Crippen molar-refractivity contribution >= 4 is 17.2 Å². The second-order valence-electron chi connectivity index (χ2n) is 7.56. The minimum absolute atomic E-state index is 0.0178. The third-order valence-corrected chi connectivity index (χ3v) is 6.48. The Labute approximate surface area is 164 Å². The van der Waals surface area contributed by atoms with E-state index in [1.54, 1.807) is 11.3 Å². The topological polar surface area (TPSA) is 60.5 Å². The van der Waals surface area contributed by atoms with Crippen molar-refractivity contribution in [2.24, 2.45) is 5.92 Å². The summed E-state index contributed by atoms with van der Waals surface area (Å²) < 4.78 is 0. The second-order valence-corrected chi connectivity index (χ2v) is 8.49. The van der Waals surface area contributed by atoms with Crippen LogP contribution in [0.1, 0.15) is 46.7 Å². The van der Waals surface area contributed by atoms with E-state index in [1.165, 1.54) is 23.4 Å². The van der Waals surface area contributed by atoms with Gasteiger partial charge in [0.05, 0.1) is 12.2 Å². The number of hydrogen-bond acceptors (Lipinski definition) is 6. The van der Waals surface area contributed by atoms with E-state index in [9.17, 15) is 4.79 Å². The normalized spacial score (nSPS) is 26.5. The molecule has 1 aromatic heterocycles. The molecular weight excluding hydrogens is 358 g/mol. The van der Waals surface area contributed by atoms with Gasteiger partial charge in [-0.3, -0.25) is 15.1 Å². The molecule has 2 aromatic rings. The van der Waals surface area contributed by atoms with Crippen molar-refractivity contribution in [3.8, 4) is 0 Å². The van der Waals surface area contributed by atoms with Gasteiger partial charge in [-0.05, 0) is 37.1 Å². The zero-order valence-electron chi connectivity index (χ0n) is 15.9. The number of nitrogens with zero attached hydrogens (tertiary/aromatic N) is 3. The Bertz CT molecular complexity index is 753. The Hall–Kier alpha value is -1.80. The number of carbonyl (C=O) groups excluding carboxylic acids is 1. The van der Waals surface area contributed by atoms with Crippen LogP contribution >= 0.6 is 11.3 Å². The van der Waals surface area contributed by atoms with Crippen molar-refractivity contribution in [3.05, 3.63) is 52.0 Å². The highest BCUT2D eigenvalue weighted by Gasteiger charge is 2.30. The number of carbonyl (C=O) groups is 1. The van der Waals surface area contributed by atoms with E-state index < -0.39 is 0 Å². The van der Waals surface area contributed by atoms with Gasteiger partial charge in [-0.1, -0.05) is 19.1 Å². The molecule has 144 valence electrons. The quantitative estimate of drug-likeness (QED) is 0.829. The largest absolute Gasteiger partial charge is 0.335 e. The van der Waals surface area contributed by atoms with Gasteiger partial charge in [0.2, 0.25) is 0 Å². The van der Waals surface area contributed by atoms with E-state index in [4.69, 9.17) is 0 Å². The lowest BCUT2D eigenvalue weighted by atomic mass is 10.1. The van der Waals surface area contributed by atoms with Crippen LogP contribution in [0.25, 0.3) is 0 Å². The van der Waals surface area contributed by atoms with E-state index in [2.05, 4.69) is 45.1 Å². The average Bonchev–Trinajstić information content (AvgIpc) is 3.40. The van der Waals surface area contributed by atoms with Crippen LogP contribution in [0.4, 0.5) is 0 Å². The molecule has 7 heteroatoms. The lowest BCUT2D eigenvalue weighted by Gasteiger charge is -2.24. The number of hydrogen-bond donors (Lipinski definition) is 2. The Balaban J connectivity index is 1.38. The van der Waals surface area contributed by atoms with Gasteiger partial charge < -0.3 is 5.32 Å². The standard InChI is InChI=1S/C20H27N5OS/c1-14-12-22-24(2)18(14)23-19(26)16-7-5-15(6-8-16)13-25-10-3-4-17(25)20-21-9-11-27-20/h5-9,11,14,17-18,22H,3-4,10,12-13H2,1-2H3,(H,23,26)/t14?,17-,18?/m0/s1. The van der Waals surface area contributed by atoms with Crippen molar-refractivity contribution in [3.63, 3.8) is 0 Å². The van der Waals surface area contributed by atoms with Crippen LogP contribution in [-0.4, -0.2) is 47.1 Å². The monoisotopic (exact) mass is 385 g/mol. The van der Waals surface area contributed by atoms with E-state index in [1.807, 2.05) is 30.4 Å². The smallest absolute Gasteiger partial charge is 0.252 e. The number of amides is 1. The number of benzene rings is 1. The molecule has 3 heterocycles. The molecule has 4 rings (SSSR count). The first-order valence-electron chi connectivity index (χ1n) is 9.61. The summed E-state index contributed by atoms with van der Waals surface area (Å²) in [7, 11) is 1.96. The maximum atomic E-state index is 12.6. The summed E-state index contributed by atoms with van der Waals surface area (Å²) >= 11 is 1.74. The van der Waals surface area contributed by atoms with E-state index in [0.717, 1.165) is 19.6 Å². The molecule has 2 aliphatic rings. The molecule has 0 spiro atoms. The maximum Gasteiger partial charge on any atom is 0.252 e. The molecule has 2 unspecified atom stereocenters. The molecule has 1 aromatic carbocycles. The number of thiazole rings is 1. The summed E-state index contributed by atoms with van der Waals surface area (Å²) in [6.45, 7) is 5.03. The van der Waals surface area contributed by atoms with Gasteiger partial charge in [-0.15, -0.1) is 11.3 Å². The molecule has 2 fully saturated rings. The third-order valence-electron chi connectivity index (χ3n) is 5.60. The molecule has 3 atom stereocenters. The van der Waals surface area contributed by atoms with Crippen LogP contribution in [0.3, 0.4) is 0 Å². The first-order valence-corrected chi connectivity index (χ1v) is 10.5. The van der Waals surface area contributed by atoms with Crippen LogP contribution in [0.15, 0.2) is 35.8 Å². The highest BCUT2D eigenvalue weighted by Crippen LogP contribution is 2.34. The number of aromatic nitrogens is 1. The van der Waals surface area contributed by atoms with Crippen molar-refractivity contribution in [2.45, 2.75) is 38.5 Å². The predicted octanol–water partition coefficient (Wildman–Crippen LogP) is 2.62. The number of rotatable bonds is 5. The van der Waals surface area contributed by atoms with Crippen molar-refractivity contribution in [1.82, 2.24) is 25.6 Å². The Morgan fingerprint density at radius 2 is 2.19 bits per heavy atom. The van der Waals surface area contributed by atoms with Gasteiger partial charge in [0.15, 0.2) is 0 Å². The first kappa shape index (κ1) is 18.6. The lowest BCUT2D eigenvalue weighted by molar-refractivity contribution is 0.0860. The van der Waals surface area contributed by atoms with E-state index in [0.29, 0.717) is 17.5 Å². The van der Waals surface area contributed by atoms with Gasteiger partial charge in [0, 0.05) is 43.2 Å². The predicted molar refractivity (Wildman–Crippen MR) is 107 cm³/mol. The molecule has 2 N–H and O–H groups in total. The van der Waals surface area contributed by atoms with Gasteiger partial charge in [-0.2, -0.15) is 0 Å². The van der Waals surface area contributed by atoms with Crippen LogP contribution in [0.5, 0.6) is 0 Å². The Morgan fingerprint density at radius 3 is 2.85 bits per heavy atom. The SMILES string of the molecule is CC1CNN(C)C1NC(=O)c1ccc(CN2CCC[C@H]2c2nccs2)cc1. The molecule has 0 radical (unpaired) electrons. The molecule has 1 amide bonds. The maximum absolute atomic E-state index is 12.6. The first-order chi connectivity index (χ1) is 13.1. The number of hydrazine groups is 1. The summed E-state index contributed by atoms with van der Waals surface area (Å²) in [6.07, 6.45) is 4.31.